The maximum atomic E-state index is 13.7. The Labute approximate surface area is 98.3 Å². The summed E-state index contributed by atoms with van der Waals surface area (Å²) >= 11 is 0. The minimum atomic E-state index is -0.509. The zero-order valence-corrected chi connectivity index (χ0v) is 9.95. The molecule has 0 atom stereocenters. The summed E-state index contributed by atoms with van der Waals surface area (Å²) in [6, 6.07) is 0. The van der Waals surface area contributed by atoms with Crippen molar-refractivity contribution in [2.75, 3.05) is 5.73 Å². The average Bonchev–Trinajstić information content (AvgIpc) is 2.64. The maximum absolute atomic E-state index is 13.7. The first-order valence-corrected chi connectivity index (χ1v) is 5.34. The number of aryl methyl sites for hydroxylation is 1. The van der Waals surface area contributed by atoms with Crippen LogP contribution in [-0.4, -0.2) is 19.9 Å². The number of aromatic nitrogens is 4. The third-order valence-electron chi connectivity index (χ3n) is 2.40. The molecule has 0 saturated carbocycles. The molecule has 0 aromatic carbocycles. The smallest absolute Gasteiger partial charge is 0.220 e. The third-order valence-corrected chi connectivity index (χ3v) is 2.40. The van der Waals surface area contributed by atoms with Gasteiger partial charge < -0.3 is 10.7 Å². The molecule has 0 bridgehead atoms. The van der Waals surface area contributed by atoms with Crippen molar-refractivity contribution in [2.24, 2.45) is 0 Å². The molecule has 0 fully saturated rings. The molecule has 17 heavy (non-hydrogen) atoms. The highest BCUT2D eigenvalue weighted by Crippen LogP contribution is 2.27. The van der Waals surface area contributed by atoms with E-state index in [1.807, 2.05) is 20.8 Å². The summed E-state index contributed by atoms with van der Waals surface area (Å²) in [4.78, 5) is 14.9. The summed E-state index contributed by atoms with van der Waals surface area (Å²) in [7, 11) is 0. The fourth-order valence-corrected chi connectivity index (χ4v) is 1.66. The molecule has 5 nitrogen and oxygen atoms in total. The highest BCUT2D eigenvalue weighted by molar-refractivity contribution is 5.60. The third kappa shape index (κ3) is 2.11. The van der Waals surface area contributed by atoms with Crippen molar-refractivity contribution in [1.82, 2.24) is 19.9 Å². The van der Waals surface area contributed by atoms with Crippen LogP contribution in [0.1, 0.15) is 31.3 Å². The van der Waals surface area contributed by atoms with Crippen LogP contribution < -0.4 is 5.73 Å². The van der Waals surface area contributed by atoms with Gasteiger partial charge in [0.1, 0.15) is 11.5 Å². The van der Waals surface area contributed by atoms with E-state index in [9.17, 15) is 4.39 Å². The van der Waals surface area contributed by atoms with Crippen molar-refractivity contribution in [3.8, 4) is 11.4 Å². The van der Waals surface area contributed by atoms with E-state index in [0.29, 0.717) is 5.69 Å². The van der Waals surface area contributed by atoms with Crippen LogP contribution in [0.4, 0.5) is 10.3 Å². The predicted molar refractivity (Wildman–Crippen MR) is 62.8 cm³/mol. The lowest BCUT2D eigenvalue weighted by molar-refractivity contribution is 0.617. The quantitative estimate of drug-likeness (QED) is 0.834. The molecule has 0 radical (unpaired) electrons. The van der Waals surface area contributed by atoms with Crippen molar-refractivity contribution >= 4 is 5.95 Å². The Kier molecular flexibility index (Phi) is 2.79. The van der Waals surface area contributed by atoms with Gasteiger partial charge in [0, 0.05) is 0 Å². The Morgan fingerprint density at radius 3 is 2.71 bits per heavy atom. The minimum Gasteiger partial charge on any atom is -0.368 e. The van der Waals surface area contributed by atoms with Crippen molar-refractivity contribution in [3.05, 3.63) is 23.5 Å². The normalized spacial score (nSPS) is 11.1. The SMILES string of the molecule is Cc1nc(C(C)C)c(-c2nc(N)ncc2F)[nH]1. The number of hydrogen-bond acceptors (Lipinski definition) is 4. The van der Waals surface area contributed by atoms with Gasteiger partial charge in [-0.25, -0.2) is 19.3 Å². The Bertz CT molecular complexity index is 547. The Morgan fingerprint density at radius 2 is 2.06 bits per heavy atom. The van der Waals surface area contributed by atoms with Crippen LogP contribution in [-0.2, 0) is 0 Å². The molecule has 2 aromatic rings. The molecule has 3 N–H and O–H groups in total. The predicted octanol–water partition coefficient (Wildman–Crippen LogP) is 2.02. The second-order valence-corrected chi connectivity index (χ2v) is 4.16. The highest BCUT2D eigenvalue weighted by Gasteiger charge is 2.18. The van der Waals surface area contributed by atoms with Gasteiger partial charge >= 0.3 is 0 Å². The first kappa shape index (κ1) is 11.5. The number of rotatable bonds is 2. The van der Waals surface area contributed by atoms with Crippen LogP contribution in [0.3, 0.4) is 0 Å². The molecule has 0 spiro atoms. The number of H-pyrrole nitrogens is 1. The molecule has 0 amide bonds. The lowest BCUT2D eigenvalue weighted by Gasteiger charge is -2.06. The molecule has 0 unspecified atom stereocenters. The number of anilines is 1. The van der Waals surface area contributed by atoms with E-state index >= 15 is 0 Å². The monoisotopic (exact) mass is 235 g/mol. The number of aromatic amines is 1. The van der Waals surface area contributed by atoms with Crippen molar-refractivity contribution in [1.29, 1.82) is 0 Å². The molecule has 2 aromatic heterocycles. The van der Waals surface area contributed by atoms with Gasteiger partial charge in [-0.2, -0.15) is 0 Å². The average molecular weight is 235 g/mol. The first-order chi connectivity index (χ1) is 7.99. The number of hydrogen-bond donors (Lipinski definition) is 2. The van der Waals surface area contributed by atoms with Crippen LogP contribution in [0.25, 0.3) is 11.4 Å². The summed E-state index contributed by atoms with van der Waals surface area (Å²) in [5.41, 5.74) is 6.99. The van der Waals surface area contributed by atoms with Crippen LogP contribution in [0.2, 0.25) is 0 Å². The van der Waals surface area contributed by atoms with Crippen molar-refractivity contribution in [3.63, 3.8) is 0 Å². The molecule has 2 heterocycles. The van der Waals surface area contributed by atoms with E-state index in [1.54, 1.807) is 0 Å². The largest absolute Gasteiger partial charge is 0.368 e. The lowest BCUT2D eigenvalue weighted by atomic mass is 10.1. The van der Waals surface area contributed by atoms with E-state index in [1.165, 1.54) is 0 Å². The maximum Gasteiger partial charge on any atom is 0.220 e. The van der Waals surface area contributed by atoms with Gasteiger partial charge in [-0.1, -0.05) is 13.8 Å². The topological polar surface area (TPSA) is 80.5 Å². The van der Waals surface area contributed by atoms with Crippen molar-refractivity contribution < 1.29 is 4.39 Å². The standard InChI is InChI=1S/C11H14FN5/c1-5(2)8-10(16-6(3)15-8)9-7(12)4-14-11(13)17-9/h4-5H,1-3H3,(H,15,16)(H2,13,14,17). The molecular weight excluding hydrogens is 221 g/mol. The van der Waals surface area contributed by atoms with E-state index < -0.39 is 5.82 Å². The fraction of sp³-hybridized carbons (Fsp3) is 0.364. The van der Waals surface area contributed by atoms with Gasteiger partial charge in [0.25, 0.3) is 0 Å². The summed E-state index contributed by atoms with van der Waals surface area (Å²) in [6.07, 6.45) is 1.07. The summed E-state index contributed by atoms with van der Waals surface area (Å²) in [6.45, 7) is 5.79. The molecule has 90 valence electrons. The number of nitrogen functional groups attached to an aromatic ring is 1. The van der Waals surface area contributed by atoms with Gasteiger partial charge in [-0.3, -0.25) is 0 Å². The molecule has 0 aliphatic carbocycles. The minimum absolute atomic E-state index is 0.0448. The van der Waals surface area contributed by atoms with Gasteiger partial charge in [0.2, 0.25) is 5.95 Å². The fourth-order valence-electron chi connectivity index (χ4n) is 1.66. The zero-order valence-electron chi connectivity index (χ0n) is 9.95. The van der Waals surface area contributed by atoms with Crippen LogP contribution in [0.15, 0.2) is 6.20 Å². The summed E-state index contributed by atoms with van der Waals surface area (Å²) in [5, 5.41) is 0. The second kappa shape index (κ2) is 4.12. The van der Waals surface area contributed by atoms with Gasteiger partial charge in [-0.05, 0) is 12.8 Å². The molecule has 6 heteroatoms. The Balaban J connectivity index is 2.63. The number of nitrogens with two attached hydrogens (primary N) is 1. The van der Waals surface area contributed by atoms with E-state index in [2.05, 4.69) is 19.9 Å². The molecular formula is C11H14FN5. The second-order valence-electron chi connectivity index (χ2n) is 4.16. The number of halogens is 1. The first-order valence-electron chi connectivity index (χ1n) is 5.34. The van der Waals surface area contributed by atoms with E-state index in [-0.39, 0.29) is 17.6 Å². The Hall–Kier alpha value is -1.98. The highest BCUT2D eigenvalue weighted by atomic mass is 19.1. The molecule has 0 aliphatic heterocycles. The van der Waals surface area contributed by atoms with Crippen LogP contribution in [0, 0.1) is 12.7 Å². The number of nitrogens with one attached hydrogen (secondary N) is 1. The zero-order chi connectivity index (χ0) is 12.6. The van der Waals surface area contributed by atoms with Crippen LogP contribution in [0.5, 0.6) is 0 Å². The molecule has 2 rings (SSSR count). The summed E-state index contributed by atoms with van der Waals surface area (Å²) < 4.78 is 13.7. The van der Waals surface area contributed by atoms with Gasteiger partial charge in [0.05, 0.1) is 17.6 Å². The number of imidazole rings is 1. The molecule has 0 saturated heterocycles. The molecule has 0 aliphatic rings. The van der Waals surface area contributed by atoms with Crippen LogP contribution >= 0.6 is 0 Å². The van der Waals surface area contributed by atoms with E-state index in [0.717, 1.165) is 17.7 Å². The lowest BCUT2D eigenvalue weighted by Crippen LogP contribution is -2.01. The van der Waals surface area contributed by atoms with E-state index in [4.69, 9.17) is 5.73 Å². The Morgan fingerprint density at radius 1 is 1.35 bits per heavy atom. The van der Waals surface area contributed by atoms with Crippen molar-refractivity contribution in [2.45, 2.75) is 26.7 Å². The van der Waals surface area contributed by atoms with Gasteiger partial charge in [0.15, 0.2) is 5.82 Å². The number of nitrogens with zero attached hydrogens (tertiary/aromatic N) is 3. The van der Waals surface area contributed by atoms with Gasteiger partial charge in [-0.15, -0.1) is 0 Å². The summed E-state index contributed by atoms with van der Waals surface area (Å²) in [5.74, 6) is 0.430.